The summed E-state index contributed by atoms with van der Waals surface area (Å²) in [5, 5.41) is 2.84. The number of nitrogens with one attached hydrogen (secondary N) is 1. The summed E-state index contributed by atoms with van der Waals surface area (Å²) in [4.78, 5) is 0. The maximum atomic E-state index is 12.0. The van der Waals surface area contributed by atoms with E-state index in [0.29, 0.717) is 6.54 Å². The van der Waals surface area contributed by atoms with Crippen molar-refractivity contribution in [1.29, 1.82) is 0 Å². The second kappa shape index (κ2) is 4.70. The monoisotopic (exact) mass is 220 g/mol. The zero-order valence-corrected chi connectivity index (χ0v) is 8.80. The fourth-order valence-electron chi connectivity index (χ4n) is 1.38. The highest BCUT2D eigenvalue weighted by Crippen LogP contribution is 2.21. The van der Waals surface area contributed by atoms with Gasteiger partial charge < -0.3 is 9.88 Å². The third kappa shape index (κ3) is 4.38. The Labute approximate surface area is 87.1 Å². The van der Waals surface area contributed by atoms with Crippen molar-refractivity contribution in [3.63, 3.8) is 0 Å². The average molecular weight is 220 g/mol. The minimum absolute atomic E-state index is 0.459. The number of alkyl halides is 3. The number of halogens is 3. The molecule has 1 aromatic rings. The molecule has 0 aliphatic rings. The third-order valence-electron chi connectivity index (χ3n) is 2.22. The Morgan fingerprint density at radius 1 is 1.47 bits per heavy atom. The van der Waals surface area contributed by atoms with E-state index in [4.69, 9.17) is 0 Å². The normalized spacial score (nSPS) is 14.2. The predicted molar refractivity (Wildman–Crippen MR) is 52.4 cm³/mol. The lowest BCUT2D eigenvalue weighted by Crippen LogP contribution is -2.31. The van der Waals surface area contributed by atoms with Crippen molar-refractivity contribution in [3.05, 3.63) is 24.0 Å². The molecule has 2 nitrogen and oxygen atoms in total. The van der Waals surface area contributed by atoms with Crippen LogP contribution < -0.4 is 5.32 Å². The molecular weight excluding hydrogens is 205 g/mol. The standard InChI is InChI=1S/C10H15F3N2/c1-8(6-10(11,12)13)14-7-9-4-3-5-15(9)2/h3-5,8,14H,6-7H2,1-2H3. The smallest absolute Gasteiger partial charge is 0.353 e. The minimum Gasteiger partial charge on any atom is -0.353 e. The average Bonchev–Trinajstić information content (AvgIpc) is 2.44. The van der Waals surface area contributed by atoms with Crippen molar-refractivity contribution in [1.82, 2.24) is 9.88 Å². The van der Waals surface area contributed by atoms with Gasteiger partial charge in [-0.2, -0.15) is 13.2 Å². The molecule has 5 heteroatoms. The van der Waals surface area contributed by atoms with Gasteiger partial charge in [-0.15, -0.1) is 0 Å². The van der Waals surface area contributed by atoms with Gasteiger partial charge in [0.05, 0.1) is 6.42 Å². The van der Waals surface area contributed by atoms with Crippen LogP contribution >= 0.6 is 0 Å². The minimum atomic E-state index is -4.10. The van der Waals surface area contributed by atoms with Crippen molar-refractivity contribution in [2.45, 2.75) is 32.1 Å². The second-order valence-electron chi connectivity index (χ2n) is 3.71. The molecule has 0 amide bonds. The zero-order valence-electron chi connectivity index (χ0n) is 8.80. The van der Waals surface area contributed by atoms with Gasteiger partial charge in [0.2, 0.25) is 0 Å². The largest absolute Gasteiger partial charge is 0.390 e. The number of aromatic nitrogens is 1. The molecule has 1 heterocycles. The molecule has 0 aliphatic carbocycles. The fraction of sp³-hybridized carbons (Fsp3) is 0.600. The first-order valence-electron chi connectivity index (χ1n) is 4.79. The molecule has 0 fully saturated rings. The van der Waals surface area contributed by atoms with Crippen molar-refractivity contribution in [2.24, 2.45) is 7.05 Å². The third-order valence-corrected chi connectivity index (χ3v) is 2.22. The Bertz CT molecular complexity index is 304. The summed E-state index contributed by atoms with van der Waals surface area (Å²) in [6.45, 7) is 2.00. The highest BCUT2D eigenvalue weighted by atomic mass is 19.4. The topological polar surface area (TPSA) is 17.0 Å². The highest BCUT2D eigenvalue weighted by molar-refractivity contribution is 5.06. The molecule has 1 N–H and O–H groups in total. The van der Waals surface area contributed by atoms with E-state index in [-0.39, 0.29) is 0 Å². The lowest BCUT2D eigenvalue weighted by molar-refractivity contribution is -0.139. The number of hydrogen-bond acceptors (Lipinski definition) is 1. The maximum Gasteiger partial charge on any atom is 0.390 e. The SMILES string of the molecule is CC(CC(F)(F)F)NCc1cccn1C. The molecule has 1 rings (SSSR count). The molecule has 0 radical (unpaired) electrons. The molecule has 0 bridgehead atoms. The maximum absolute atomic E-state index is 12.0. The molecule has 0 saturated heterocycles. The zero-order chi connectivity index (χ0) is 11.5. The molecule has 1 atom stereocenters. The highest BCUT2D eigenvalue weighted by Gasteiger charge is 2.29. The summed E-state index contributed by atoms with van der Waals surface area (Å²) in [6, 6.07) is 3.19. The molecular formula is C10H15F3N2. The fourth-order valence-corrected chi connectivity index (χ4v) is 1.38. The van der Waals surface area contributed by atoms with Crippen LogP contribution in [0.5, 0.6) is 0 Å². The second-order valence-corrected chi connectivity index (χ2v) is 3.71. The molecule has 0 saturated carbocycles. The van der Waals surface area contributed by atoms with Gasteiger partial charge in [-0.1, -0.05) is 0 Å². The van der Waals surface area contributed by atoms with Gasteiger partial charge in [0.1, 0.15) is 0 Å². The summed E-state index contributed by atoms with van der Waals surface area (Å²) in [5.41, 5.74) is 0.976. The van der Waals surface area contributed by atoms with Gasteiger partial charge in [-0.25, -0.2) is 0 Å². The van der Waals surface area contributed by atoms with Crippen LogP contribution in [0.15, 0.2) is 18.3 Å². The molecule has 0 spiro atoms. The molecule has 86 valence electrons. The van der Waals surface area contributed by atoms with Crippen LogP contribution in [-0.2, 0) is 13.6 Å². The van der Waals surface area contributed by atoms with E-state index in [9.17, 15) is 13.2 Å². The van der Waals surface area contributed by atoms with Crippen LogP contribution in [0.4, 0.5) is 13.2 Å². The van der Waals surface area contributed by atoms with Gasteiger partial charge in [0.15, 0.2) is 0 Å². The van der Waals surface area contributed by atoms with Crippen molar-refractivity contribution >= 4 is 0 Å². The number of hydrogen-bond donors (Lipinski definition) is 1. The van der Waals surface area contributed by atoms with Gasteiger partial charge in [-0.05, 0) is 19.1 Å². The van der Waals surface area contributed by atoms with Crippen LogP contribution in [0.1, 0.15) is 19.0 Å². The van der Waals surface area contributed by atoms with Gasteiger partial charge in [0, 0.05) is 31.5 Å². The first kappa shape index (κ1) is 12.1. The summed E-state index contributed by atoms with van der Waals surface area (Å²) >= 11 is 0. The van der Waals surface area contributed by atoms with Crippen LogP contribution in [0.25, 0.3) is 0 Å². The Morgan fingerprint density at radius 3 is 2.60 bits per heavy atom. The van der Waals surface area contributed by atoms with E-state index in [1.165, 1.54) is 6.92 Å². The molecule has 0 aromatic carbocycles. The molecule has 0 aliphatic heterocycles. The summed E-state index contributed by atoms with van der Waals surface area (Å²) in [5.74, 6) is 0. The number of rotatable bonds is 4. The molecule has 1 aromatic heterocycles. The van der Waals surface area contributed by atoms with E-state index >= 15 is 0 Å². The Kier molecular flexibility index (Phi) is 3.79. The molecule has 15 heavy (non-hydrogen) atoms. The van der Waals surface area contributed by atoms with Gasteiger partial charge in [0.25, 0.3) is 0 Å². The molecule has 1 unspecified atom stereocenters. The lowest BCUT2D eigenvalue weighted by Gasteiger charge is -2.15. The van der Waals surface area contributed by atoms with E-state index in [1.54, 1.807) is 0 Å². The van der Waals surface area contributed by atoms with Gasteiger partial charge in [-0.3, -0.25) is 0 Å². The van der Waals surface area contributed by atoms with Crippen molar-refractivity contribution < 1.29 is 13.2 Å². The predicted octanol–water partition coefficient (Wildman–Crippen LogP) is 2.46. The van der Waals surface area contributed by atoms with E-state index in [0.717, 1.165) is 5.69 Å². The van der Waals surface area contributed by atoms with E-state index < -0.39 is 18.6 Å². The summed E-state index contributed by atoms with van der Waals surface area (Å²) in [7, 11) is 1.87. The lowest BCUT2D eigenvalue weighted by atomic mass is 10.2. The van der Waals surface area contributed by atoms with Crippen LogP contribution in [0, 0.1) is 0 Å². The Balaban J connectivity index is 2.35. The Morgan fingerprint density at radius 2 is 2.13 bits per heavy atom. The summed E-state index contributed by atoms with van der Waals surface area (Å²) < 4.78 is 37.9. The van der Waals surface area contributed by atoms with Crippen LogP contribution in [0.3, 0.4) is 0 Å². The number of nitrogens with zero attached hydrogens (tertiary/aromatic N) is 1. The summed E-state index contributed by atoms with van der Waals surface area (Å²) in [6.07, 6.45) is -3.02. The van der Waals surface area contributed by atoms with Crippen LogP contribution in [0.2, 0.25) is 0 Å². The van der Waals surface area contributed by atoms with E-state index in [2.05, 4.69) is 5.32 Å². The Hall–Kier alpha value is -0.970. The van der Waals surface area contributed by atoms with Crippen molar-refractivity contribution in [3.8, 4) is 0 Å². The van der Waals surface area contributed by atoms with Crippen molar-refractivity contribution in [2.75, 3.05) is 0 Å². The first-order valence-corrected chi connectivity index (χ1v) is 4.79. The quantitative estimate of drug-likeness (QED) is 0.824. The number of aryl methyl sites for hydroxylation is 1. The van der Waals surface area contributed by atoms with Crippen LogP contribution in [-0.4, -0.2) is 16.8 Å². The van der Waals surface area contributed by atoms with E-state index in [1.807, 2.05) is 29.9 Å². The first-order chi connectivity index (χ1) is 6.88. The van der Waals surface area contributed by atoms with Gasteiger partial charge >= 0.3 is 6.18 Å².